The maximum atomic E-state index is 5.85. The van der Waals surface area contributed by atoms with Crippen LogP contribution in [-0.4, -0.2) is 4.75 Å². The molecule has 0 spiro atoms. The number of ether oxygens (including phenoxy) is 1. The van der Waals surface area contributed by atoms with Crippen LogP contribution >= 0.6 is 23.4 Å². The Kier molecular flexibility index (Phi) is 5.00. The van der Waals surface area contributed by atoms with Gasteiger partial charge in [-0.2, -0.15) is 0 Å². The number of thioether (sulfide) groups is 1. The average Bonchev–Trinajstić information content (AvgIpc) is 2.43. The van der Waals surface area contributed by atoms with Crippen molar-refractivity contribution in [2.24, 2.45) is 0 Å². The normalized spacial score (nSPS) is 11.4. The third kappa shape index (κ3) is 4.46. The molecule has 0 saturated heterocycles. The summed E-state index contributed by atoms with van der Waals surface area (Å²) in [4.78, 5) is 1.26. The number of benzene rings is 2. The fourth-order valence-corrected chi connectivity index (χ4v) is 2.79. The van der Waals surface area contributed by atoms with Crippen LogP contribution in [-0.2, 0) is 0 Å². The Labute approximate surface area is 130 Å². The lowest BCUT2D eigenvalue weighted by Crippen LogP contribution is -2.11. The second kappa shape index (κ2) is 6.55. The monoisotopic (exact) mass is 306 g/mol. The van der Waals surface area contributed by atoms with E-state index in [0.29, 0.717) is 5.02 Å². The molecule has 0 aliphatic carbocycles. The molecule has 2 aromatic rings. The van der Waals surface area contributed by atoms with Crippen LogP contribution in [0.3, 0.4) is 0 Å². The van der Waals surface area contributed by atoms with Crippen molar-refractivity contribution in [2.45, 2.75) is 36.8 Å². The molecule has 0 radical (unpaired) electrons. The molecule has 0 unspecified atom stereocenters. The Morgan fingerprint density at radius 2 is 1.45 bits per heavy atom. The van der Waals surface area contributed by atoms with E-state index in [4.69, 9.17) is 16.3 Å². The summed E-state index contributed by atoms with van der Waals surface area (Å²) in [6, 6.07) is 15.6. The molecule has 3 heteroatoms. The first-order valence-corrected chi connectivity index (χ1v) is 7.90. The Hall–Kier alpha value is -1.12. The lowest BCUT2D eigenvalue weighted by molar-refractivity contribution is 0.482. The second-order valence-corrected chi connectivity index (χ2v) is 7.46. The van der Waals surface area contributed by atoms with Crippen LogP contribution < -0.4 is 4.74 Å². The van der Waals surface area contributed by atoms with E-state index in [9.17, 15) is 0 Å². The number of hydrogen-bond donors (Lipinski definition) is 0. The van der Waals surface area contributed by atoms with Crippen LogP contribution in [0.15, 0.2) is 53.4 Å². The summed E-state index contributed by atoms with van der Waals surface area (Å²) in [5, 5.41) is 0.714. The highest BCUT2D eigenvalue weighted by Crippen LogP contribution is 2.35. The van der Waals surface area contributed by atoms with Crippen LogP contribution in [0.25, 0.3) is 0 Å². The third-order valence-electron chi connectivity index (χ3n) is 3.12. The molecule has 2 rings (SSSR count). The first-order valence-electron chi connectivity index (χ1n) is 6.71. The highest BCUT2D eigenvalue weighted by Gasteiger charge is 2.16. The van der Waals surface area contributed by atoms with Gasteiger partial charge in [-0.05, 0) is 55.0 Å². The first-order chi connectivity index (χ1) is 9.48. The van der Waals surface area contributed by atoms with E-state index < -0.39 is 0 Å². The molecule has 0 amide bonds. The highest BCUT2D eigenvalue weighted by atomic mass is 35.5. The van der Waals surface area contributed by atoms with E-state index in [0.717, 1.165) is 17.9 Å². The predicted molar refractivity (Wildman–Crippen MR) is 88.2 cm³/mol. The topological polar surface area (TPSA) is 9.23 Å². The van der Waals surface area contributed by atoms with Gasteiger partial charge in [-0.15, -0.1) is 11.8 Å². The molecule has 2 aromatic carbocycles. The summed E-state index contributed by atoms with van der Waals surface area (Å²) >= 11 is 7.74. The van der Waals surface area contributed by atoms with Gasteiger partial charge in [0.2, 0.25) is 0 Å². The van der Waals surface area contributed by atoms with Crippen LogP contribution in [0.4, 0.5) is 0 Å². The van der Waals surface area contributed by atoms with Gasteiger partial charge in [0.1, 0.15) is 11.5 Å². The second-order valence-electron chi connectivity index (χ2n) is 5.24. The van der Waals surface area contributed by atoms with Crippen molar-refractivity contribution in [2.75, 3.05) is 0 Å². The summed E-state index contributed by atoms with van der Waals surface area (Å²) in [5.74, 6) is 1.63. The lowest BCUT2D eigenvalue weighted by atomic mass is 10.1. The lowest BCUT2D eigenvalue weighted by Gasteiger charge is -2.21. The van der Waals surface area contributed by atoms with Crippen molar-refractivity contribution in [3.63, 3.8) is 0 Å². The van der Waals surface area contributed by atoms with Crippen LogP contribution in [0, 0.1) is 0 Å². The molecule has 0 aliphatic rings. The number of rotatable bonds is 5. The summed E-state index contributed by atoms with van der Waals surface area (Å²) < 4.78 is 6.04. The van der Waals surface area contributed by atoms with Gasteiger partial charge >= 0.3 is 0 Å². The summed E-state index contributed by atoms with van der Waals surface area (Å²) in [5.41, 5.74) is 0. The Balaban J connectivity index is 2.03. The SMILES string of the molecule is CCC(C)(C)Sc1ccc(Oc2ccc(Cl)cc2)cc1. The zero-order chi connectivity index (χ0) is 14.6. The van der Waals surface area contributed by atoms with Crippen LogP contribution in [0.5, 0.6) is 11.5 Å². The molecule has 1 nitrogen and oxygen atoms in total. The summed E-state index contributed by atoms with van der Waals surface area (Å²) in [6.45, 7) is 6.73. The van der Waals surface area contributed by atoms with E-state index in [1.54, 1.807) is 0 Å². The van der Waals surface area contributed by atoms with Gasteiger partial charge in [-0.25, -0.2) is 0 Å². The molecule has 0 saturated carbocycles. The molecule has 0 aromatic heterocycles. The predicted octanol–water partition coefficient (Wildman–Crippen LogP) is 6.41. The molecule has 0 atom stereocenters. The van der Waals surface area contributed by atoms with E-state index in [1.165, 1.54) is 4.90 Å². The Morgan fingerprint density at radius 3 is 1.95 bits per heavy atom. The van der Waals surface area contributed by atoms with Gasteiger partial charge in [0.25, 0.3) is 0 Å². The smallest absolute Gasteiger partial charge is 0.127 e. The summed E-state index contributed by atoms with van der Waals surface area (Å²) in [6.07, 6.45) is 1.14. The van der Waals surface area contributed by atoms with Crippen LogP contribution in [0.2, 0.25) is 5.02 Å². The molecule has 0 fully saturated rings. The van der Waals surface area contributed by atoms with Gasteiger partial charge < -0.3 is 4.74 Å². The fraction of sp³-hybridized carbons (Fsp3) is 0.294. The average molecular weight is 307 g/mol. The zero-order valence-electron chi connectivity index (χ0n) is 12.0. The quantitative estimate of drug-likeness (QED) is 0.590. The molecular weight excluding hydrogens is 288 g/mol. The van der Waals surface area contributed by atoms with Gasteiger partial charge in [-0.3, -0.25) is 0 Å². The molecular formula is C17H19ClOS. The van der Waals surface area contributed by atoms with Crippen molar-refractivity contribution in [1.82, 2.24) is 0 Å². The molecule has 0 aliphatic heterocycles. The Morgan fingerprint density at radius 1 is 0.950 bits per heavy atom. The minimum absolute atomic E-state index is 0.262. The van der Waals surface area contributed by atoms with Crippen molar-refractivity contribution < 1.29 is 4.74 Å². The highest BCUT2D eigenvalue weighted by molar-refractivity contribution is 8.00. The first kappa shape index (κ1) is 15.3. The maximum Gasteiger partial charge on any atom is 0.127 e. The minimum atomic E-state index is 0.262. The van der Waals surface area contributed by atoms with Gasteiger partial charge in [-0.1, -0.05) is 32.4 Å². The van der Waals surface area contributed by atoms with E-state index >= 15 is 0 Å². The molecule has 0 heterocycles. The summed E-state index contributed by atoms with van der Waals surface area (Å²) in [7, 11) is 0. The third-order valence-corrected chi connectivity index (χ3v) is 4.72. The van der Waals surface area contributed by atoms with Crippen molar-refractivity contribution >= 4 is 23.4 Å². The standard InChI is InChI=1S/C17H19ClOS/c1-4-17(2,3)20-16-11-9-15(10-12-16)19-14-7-5-13(18)6-8-14/h5-12H,4H2,1-3H3. The van der Waals surface area contributed by atoms with Gasteiger partial charge in [0.05, 0.1) is 0 Å². The van der Waals surface area contributed by atoms with Crippen molar-refractivity contribution in [3.8, 4) is 11.5 Å². The fourth-order valence-electron chi connectivity index (χ4n) is 1.61. The van der Waals surface area contributed by atoms with E-state index in [2.05, 4.69) is 32.9 Å². The number of hydrogen-bond acceptors (Lipinski definition) is 2. The molecule has 106 valence electrons. The maximum absolute atomic E-state index is 5.85. The van der Waals surface area contributed by atoms with Gasteiger partial charge in [0.15, 0.2) is 0 Å². The minimum Gasteiger partial charge on any atom is -0.457 e. The Bertz CT molecular complexity index is 546. The van der Waals surface area contributed by atoms with Gasteiger partial charge in [0, 0.05) is 14.7 Å². The molecule has 20 heavy (non-hydrogen) atoms. The molecule has 0 N–H and O–H groups in total. The molecule has 0 bridgehead atoms. The zero-order valence-corrected chi connectivity index (χ0v) is 13.6. The van der Waals surface area contributed by atoms with Crippen LogP contribution in [0.1, 0.15) is 27.2 Å². The largest absolute Gasteiger partial charge is 0.457 e. The van der Waals surface area contributed by atoms with E-state index in [-0.39, 0.29) is 4.75 Å². The van der Waals surface area contributed by atoms with Crippen molar-refractivity contribution in [3.05, 3.63) is 53.6 Å². The van der Waals surface area contributed by atoms with Crippen molar-refractivity contribution in [1.29, 1.82) is 0 Å². The number of halogens is 1. The van der Waals surface area contributed by atoms with E-state index in [1.807, 2.05) is 48.2 Å².